The average Bonchev–Trinajstić information content (AvgIpc) is 3.46. The molecular formula is C74H124O6. The van der Waals surface area contributed by atoms with Crippen molar-refractivity contribution in [3.63, 3.8) is 0 Å². The minimum atomic E-state index is -0.799. The summed E-state index contributed by atoms with van der Waals surface area (Å²) in [4.78, 5) is 38.4. The molecule has 0 saturated heterocycles. The van der Waals surface area contributed by atoms with Gasteiger partial charge in [-0.3, -0.25) is 14.4 Å². The van der Waals surface area contributed by atoms with E-state index in [4.69, 9.17) is 14.2 Å². The summed E-state index contributed by atoms with van der Waals surface area (Å²) in [6.07, 6.45) is 93.4. The Morgan fingerprint density at radius 3 is 0.775 bits per heavy atom. The number of unbranched alkanes of at least 4 members (excludes halogenated alkanes) is 29. The maximum atomic E-state index is 12.9. The van der Waals surface area contributed by atoms with E-state index in [1.165, 1.54) is 135 Å². The van der Waals surface area contributed by atoms with Crippen molar-refractivity contribution >= 4 is 17.9 Å². The van der Waals surface area contributed by atoms with E-state index in [9.17, 15) is 14.4 Å². The number of ether oxygens (including phenoxy) is 3. The number of carbonyl (C=O) groups is 3. The first-order chi connectivity index (χ1) is 39.5. The fourth-order valence-corrected chi connectivity index (χ4v) is 9.15. The summed E-state index contributed by atoms with van der Waals surface area (Å²) in [5.74, 6) is -0.917. The fourth-order valence-electron chi connectivity index (χ4n) is 9.15. The summed E-state index contributed by atoms with van der Waals surface area (Å²) in [5.41, 5.74) is 0. The molecule has 0 N–H and O–H groups in total. The predicted octanol–water partition coefficient (Wildman–Crippen LogP) is 23.2. The van der Waals surface area contributed by atoms with E-state index in [-0.39, 0.29) is 31.1 Å². The topological polar surface area (TPSA) is 78.9 Å². The molecule has 0 heterocycles. The van der Waals surface area contributed by atoms with Gasteiger partial charge in [-0.2, -0.15) is 0 Å². The lowest BCUT2D eigenvalue weighted by Crippen LogP contribution is -2.30. The number of carbonyl (C=O) groups excluding carboxylic acids is 3. The maximum Gasteiger partial charge on any atom is 0.306 e. The van der Waals surface area contributed by atoms with Gasteiger partial charge >= 0.3 is 17.9 Å². The fraction of sp³-hybridized carbons (Fsp3) is 0.689. The number of hydrogen-bond donors (Lipinski definition) is 0. The second-order valence-electron chi connectivity index (χ2n) is 22.0. The lowest BCUT2D eigenvalue weighted by molar-refractivity contribution is -0.167. The minimum absolute atomic E-state index is 0.0932. The molecule has 1 unspecified atom stereocenters. The summed E-state index contributed by atoms with van der Waals surface area (Å²) in [6, 6.07) is 0. The van der Waals surface area contributed by atoms with E-state index in [1.807, 2.05) is 0 Å². The second-order valence-corrected chi connectivity index (χ2v) is 22.0. The van der Waals surface area contributed by atoms with Gasteiger partial charge in [-0.1, -0.05) is 277 Å². The van der Waals surface area contributed by atoms with Crippen LogP contribution in [0.25, 0.3) is 0 Å². The van der Waals surface area contributed by atoms with E-state index in [0.29, 0.717) is 19.3 Å². The molecule has 0 fully saturated rings. The molecule has 0 bridgehead atoms. The van der Waals surface area contributed by atoms with Crippen LogP contribution in [-0.4, -0.2) is 37.2 Å². The highest BCUT2D eigenvalue weighted by Crippen LogP contribution is 2.15. The molecule has 0 radical (unpaired) electrons. The zero-order valence-corrected chi connectivity index (χ0v) is 52.3. The molecule has 0 saturated carbocycles. The Kier molecular flexibility index (Phi) is 63.8. The van der Waals surface area contributed by atoms with Crippen LogP contribution in [0.1, 0.15) is 310 Å². The van der Waals surface area contributed by atoms with Gasteiger partial charge in [0.15, 0.2) is 6.10 Å². The predicted molar refractivity (Wildman–Crippen MR) is 348 cm³/mol. The van der Waals surface area contributed by atoms with Crippen molar-refractivity contribution in [3.05, 3.63) is 122 Å². The van der Waals surface area contributed by atoms with Crippen molar-refractivity contribution in [1.82, 2.24) is 0 Å². The lowest BCUT2D eigenvalue weighted by Gasteiger charge is -2.18. The molecule has 0 aliphatic carbocycles. The highest BCUT2D eigenvalue weighted by molar-refractivity contribution is 5.71. The molecule has 0 rings (SSSR count). The van der Waals surface area contributed by atoms with Crippen LogP contribution in [0.15, 0.2) is 122 Å². The van der Waals surface area contributed by atoms with Crippen molar-refractivity contribution in [2.75, 3.05) is 13.2 Å². The van der Waals surface area contributed by atoms with Crippen LogP contribution in [0.3, 0.4) is 0 Å². The van der Waals surface area contributed by atoms with Crippen LogP contribution in [0, 0.1) is 0 Å². The van der Waals surface area contributed by atoms with Gasteiger partial charge in [0.05, 0.1) is 0 Å². The third kappa shape index (κ3) is 64.6. The van der Waals surface area contributed by atoms with Crippen molar-refractivity contribution in [3.8, 4) is 0 Å². The molecule has 0 aromatic carbocycles. The van der Waals surface area contributed by atoms with Crippen molar-refractivity contribution in [2.45, 2.75) is 316 Å². The van der Waals surface area contributed by atoms with Gasteiger partial charge < -0.3 is 14.2 Å². The first-order valence-electron chi connectivity index (χ1n) is 33.5. The lowest BCUT2D eigenvalue weighted by atomic mass is 10.1. The van der Waals surface area contributed by atoms with Crippen molar-refractivity contribution in [2.24, 2.45) is 0 Å². The van der Waals surface area contributed by atoms with Crippen molar-refractivity contribution < 1.29 is 28.6 Å². The van der Waals surface area contributed by atoms with Crippen LogP contribution in [0.4, 0.5) is 0 Å². The van der Waals surface area contributed by atoms with E-state index in [0.717, 1.165) is 135 Å². The molecule has 80 heavy (non-hydrogen) atoms. The van der Waals surface area contributed by atoms with Gasteiger partial charge in [-0.25, -0.2) is 0 Å². The molecule has 0 aromatic rings. The number of esters is 3. The Hall–Kier alpha value is -4.19. The van der Waals surface area contributed by atoms with Gasteiger partial charge in [0, 0.05) is 19.3 Å². The maximum absolute atomic E-state index is 12.9. The summed E-state index contributed by atoms with van der Waals surface area (Å²) >= 11 is 0. The smallest absolute Gasteiger partial charge is 0.306 e. The van der Waals surface area contributed by atoms with Gasteiger partial charge in [0.2, 0.25) is 0 Å². The molecular weight excluding hydrogens is 985 g/mol. The first-order valence-corrected chi connectivity index (χ1v) is 33.5. The quantitative estimate of drug-likeness (QED) is 0.0261. The molecule has 0 spiro atoms. The Morgan fingerprint density at radius 2 is 0.487 bits per heavy atom. The Labute approximate surface area is 494 Å². The third-order valence-corrected chi connectivity index (χ3v) is 14.2. The molecule has 6 nitrogen and oxygen atoms in total. The molecule has 6 heteroatoms. The van der Waals surface area contributed by atoms with Crippen LogP contribution < -0.4 is 0 Å². The van der Waals surface area contributed by atoms with Gasteiger partial charge in [-0.05, 0) is 135 Å². The standard InChI is InChI=1S/C74H124O6/c1-4-7-10-13-16-19-22-25-28-31-34-36-37-39-40-43-46-49-52-55-58-61-64-67-73(76)79-70-71(69-78-72(75)66-63-60-57-54-51-48-45-42-33-30-27-24-21-18-15-12-9-6-3)80-74(77)68-65-62-59-56-53-50-47-44-41-38-35-32-29-26-23-20-17-14-11-8-5-2/h7,10,16,19,21,23-26,28,30,32-36,39-41,44,71H,4-6,8-9,11-15,17-18,20,22,27,29,31,37-38,42-43,45-70H2,1-3H3/b10-7-,19-16-,24-21-,26-23-,28-25-,33-30-,35-32-,36-34-,40-39-,44-41-. The highest BCUT2D eigenvalue weighted by Gasteiger charge is 2.19. The summed E-state index contributed by atoms with van der Waals surface area (Å²) < 4.78 is 17.0. The van der Waals surface area contributed by atoms with E-state index < -0.39 is 6.10 Å². The molecule has 0 aromatic heterocycles. The van der Waals surface area contributed by atoms with Crippen LogP contribution in [0.2, 0.25) is 0 Å². The molecule has 0 aliphatic rings. The monoisotopic (exact) mass is 1110 g/mol. The summed E-state index contributed by atoms with van der Waals surface area (Å²) in [6.45, 7) is 6.49. The van der Waals surface area contributed by atoms with Gasteiger partial charge in [-0.15, -0.1) is 0 Å². The van der Waals surface area contributed by atoms with E-state index in [1.54, 1.807) is 0 Å². The molecule has 0 aliphatic heterocycles. The summed E-state index contributed by atoms with van der Waals surface area (Å²) in [5, 5.41) is 0. The number of rotatable bonds is 60. The second kappa shape index (κ2) is 67.3. The molecule has 0 amide bonds. The summed E-state index contributed by atoms with van der Waals surface area (Å²) in [7, 11) is 0. The van der Waals surface area contributed by atoms with Gasteiger partial charge in [0.1, 0.15) is 13.2 Å². The number of allylic oxidation sites excluding steroid dienone is 20. The molecule has 1 atom stereocenters. The molecule has 456 valence electrons. The van der Waals surface area contributed by atoms with Crippen molar-refractivity contribution in [1.29, 1.82) is 0 Å². The van der Waals surface area contributed by atoms with Gasteiger partial charge in [0.25, 0.3) is 0 Å². The SMILES string of the molecule is CC/C=C\C/C=C\C/C=C\C/C=C\C/C=C\CCCCCCCCCC(=O)OCC(COC(=O)CCCCCCCCC/C=C\C/C=C\CCCCCC)OC(=O)CCCCCCCC/C=C\C/C=C\C/C=C\CCCCCCC. The van der Waals surface area contributed by atoms with E-state index in [2.05, 4.69) is 142 Å². The van der Waals surface area contributed by atoms with Crippen LogP contribution in [-0.2, 0) is 28.6 Å². The zero-order chi connectivity index (χ0) is 57.8. The van der Waals surface area contributed by atoms with Crippen LogP contribution >= 0.6 is 0 Å². The third-order valence-electron chi connectivity index (χ3n) is 14.2. The highest BCUT2D eigenvalue weighted by atomic mass is 16.6. The zero-order valence-electron chi connectivity index (χ0n) is 52.3. The Bertz CT molecular complexity index is 1650. The normalized spacial score (nSPS) is 12.9. The van der Waals surface area contributed by atoms with Crippen LogP contribution in [0.5, 0.6) is 0 Å². The largest absolute Gasteiger partial charge is 0.462 e. The Morgan fingerprint density at radius 1 is 0.263 bits per heavy atom. The average molecular weight is 1110 g/mol. The van der Waals surface area contributed by atoms with E-state index >= 15 is 0 Å². The minimum Gasteiger partial charge on any atom is -0.462 e. The number of hydrogen-bond acceptors (Lipinski definition) is 6. The first kappa shape index (κ1) is 75.8. The Balaban J connectivity index is 4.46.